The van der Waals surface area contributed by atoms with E-state index in [1.807, 2.05) is 32.0 Å². The molecule has 4 heteroatoms. The van der Waals surface area contributed by atoms with Crippen LogP contribution in [0.2, 0.25) is 0 Å². The van der Waals surface area contributed by atoms with Gasteiger partial charge in [-0.15, -0.1) is 11.3 Å². The minimum Gasteiger partial charge on any atom is -0.492 e. The van der Waals surface area contributed by atoms with Gasteiger partial charge in [0, 0.05) is 21.5 Å². The van der Waals surface area contributed by atoms with Gasteiger partial charge in [-0.3, -0.25) is 4.98 Å². The van der Waals surface area contributed by atoms with Crippen molar-refractivity contribution in [1.82, 2.24) is 4.98 Å². The number of aliphatic hydroxyl groups excluding tert-OH is 1. The molecule has 2 aromatic rings. The summed E-state index contributed by atoms with van der Waals surface area (Å²) in [7, 11) is 0. The van der Waals surface area contributed by atoms with E-state index in [4.69, 9.17) is 4.74 Å². The van der Waals surface area contributed by atoms with Crippen molar-refractivity contribution < 1.29 is 9.84 Å². The molecule has 0 saturated carbocycles. The summed E-state index contributed by atoms with van der Waals surface area (Å²) in [5, 5.41) is 10.2. The Kier molecular flexibility index (Phi) is 3.76. The molecule has 1 unspecified atom stereocenters. The van der Waals surface area contributed by atoms with Gasteiger partial charge in [-0.25, -0.2) is 0 Å². The summed E-state index contributed by atoms with van der Waals surface area (Å²) in [4.78, 5) is 6.19. The molecule has 0 aliphatic rings. The number of aliphatic hydroxyl groups is 1. The monoisotopic (exact) mass is 249 g/mol. The number of hydrogen-bond donors (Lipinski definition) is 1. The molecular formula is C13H15NO2S. The van der Waals surface area contributed by atoms with Crippen molar-refractivity contribution in [2.75, 3.05) is 6.61 Å². The highest BCUT2D eigenvalue weighted by atomic mass is 32.1. The summed E-state index contributed by atoms with van der Waals surface area (Å²) in [6, 6.07) is 5.78. The molecule has 0 spiro atoms. The molecule has 17 heavy (non-hydrogen) atoms. The van der Waals surface area contributed by atoms with Crippen LogP contribution in [-0.4, -0.2) is 16.7 Å². The molecule has 1 atom stereocenters. The maximum Gasteiger partial charge on any atom is 0.137 e. The van der Waals surface area contributed by atoms with Gasteiger partial charge < -0.3 is 9.84 Å². The van der Waals surface area contributed by atoms with Crippen LogP contribution in [0.25, 0.3) is 0 Å². The first-order valence-electron chi connectivity index (χ1n) is 5.53. The Bertz CT molecular complexity index is 496. The number of ether oxygens (including phenoxy) is 1. The fraction of sp³-hybridized carbons (Fsp3) is 0.308. The van der Waals surface area contributed by atoms with Crippen molar-refractivity contribution in [2.24, 2.45) is 0 Å². The lowest BCUT2D eigenvalue weighted by atomic mass is 10.1. The Morgan fingerprint density at radius 2 is 2.24 bits per heavy atom. The van der Waals surface area contributed by atoms with Gasteiger partial charge in [0.2, 0.25) is 0 Å². The highest BCUT2D eigenvalue weighted by Gasteiger charge is 2.13. The predicted octanol–water partition coefficient (Wildman–Crippen LogP) is 2.93. The van der Waals surface area contributed by atoms with E-state index < -0.39 is 6.10 Å². The molecule has 0 aliphatic heterocycles. The van der Waals surface area contributed by atoms with E-state index in [0.29, 0.717) is 12.4 Å². The topological polar surface area (TPSA) is 42.4 Å². The number of pyridine rings is 1. The third kappa shape index (κ3) is 2.84. The highest BCUT2D eigenvalue weighted by Crippen LogP contribution is 2.29. The second-order valence-corrected chi connectivity index (χ2v) is 5.06. The van der Waals surface area contributed by atoms with Crippen LogP contribution < -0.4 is 4.74 Å². The molecular weight excluding hydrogens is 234 g/mol. The zero-order chi connectivity index (χ0) is 12.3. The second kappa shape index (κ2) is 5.29. The Morgan fingerprint density at radius 1 is 1.41 bits per heavy atom. The number of nitrogens with zero attached hydrogens (tertiary/aromatic N) is 1. The summed E-state index contributed by atoms with van der Waals surface area (Å²) >= 11 is 1.59. The van der Waals surface area contributed by atoms with Crippen LogP contribution in [0.3, 0.4) is 0 Å². The Labute approximate surface area is 105 Å². The first kappa shape index (κ1) is 12.1. The number of aromatic nitrogens is 1. The summed E-state index contributed by atoms with van der Waals surface area (Å²) in [5.41, 5.74) is 0.762. The van der Waals surface area contributed by atoms with Crippen molar-refractivity contribution >= 4 is 11.3 Å². The minimum absolute atomic E-state index is 0.597. The van der Waals surface area contributed by atoms with Gasteiger partial charge in [0.05, 0.1) is 12.8 Å². The first-order valence-corrected chi connectivity index (χ1v) is 6.34. The van der Waals surface area contributed by atoms with Crippen molar-refractivity contribution in [3.63, 3.8) is 0 Å². The van der Waals surface area contributed by atoms with Gasteiger partial charge in [-0.2, -0.15) is 0 Å². The summed E-state index contributed by atoms with van der Waals surface area (Å²) in [5.74, 6) is 0.692. The van der Waals surface area contributed by atoms with Gasteiger partial charge in [0.1, 0.15) is 11.9 Å². The molecule has 0 fully saturated rings. The van der Waals surface area contributed by atoms with E-state index in [1.54, 1.807) is 23.7 Å². The van der Waals surface area contributed by atoms with Crippen molar-refractivity contribution in [3.8, 4) is 5.75 Å². The van der Waals surface area contributed by atoms with E-state index in [-0.39, 0.29) is 0 Å². The van der Waals surface area contributed by atoms with Gasteiger partial charge in [0.25, 0.3) is 0 Å². The van der Waals surface area contributed by atoms with Crippen LogP contribution in [0.15, 0.2) is 30.6 Å². The van der Waals surface area contributed by atoms with Crippen LogP contribution >= 0.6 is 11.3 Å². The molecule has 2 aromatic heterocycles. The third-order valence-electron chi connectivity index (χ3n) is 2.39. The molecule has 90 valence electrons. The van der Waals surface area contributed by atoms with Crippen LogP contribution in [0.4, 0.5) is 0 Å². The Hall–Kier alpha value is -1.39. The van der Waals surface area contributed by atoms with E-state index in [0.717, 1.165) is 10.4 Å². The van der Waals surface area contributed by atoms with Crippen molar-refractivity contribution in [3.05, 3.63) is 45.9 Å². The second-order valence-electron chi connectivity index (χ2n) is 3.74. The summed E-state index contributed by atoms with van der Waals surface area (Å²) < 4.78 is 5.37. The molecule has 1 N–H and O–H groups in total. The molecule has 0 amide bonds. The van der Waals surface area contributed by atoms with Gasteiger partial charge in [-0.05, 0) is 32.0 Å². The van der Waals surface area contributed by atoms with Crippen LogP contribution in [0, 0.1) is 6.92 Å². The first-order chi connectivity index (χ1) is 8.20. The number of rotatable bonds is 4. The molecule has 0 bridgehead atoms. The fourth-order valence-electron chi connectivity index (χ4n) is 1.60. The van der Waals surface area contributed by atoms with Crippen LogP contribution in [-0.2, 0) is 0 Å². The van der Waals surface area contributed by atoms with E-state index >= 15 is 0 Å². The zero-order valence-electron chi connectivity index (χ0n) is 9.88. The largest absolute Gasteiger partial charge is 0.492 e. The normalized spacial score (nSPS) is 12.4. The molecule has 0 aliphatic carbocycles. The van der Waals surface area contributed by atoms with E-state index in [2.05, 4.69) is 4.98 Å². The van der Waals surface area contributed by atoms with E-state index in [1.165, 1.54) is 4.88 Å². The molecule has 0 saturated heterocycles. The lowest BCUT2D eigenvalue weighted by Crippen LogP contribution is -1.99. The SMILES string of the molecule is CCOc1cncc(C(O)c2ccc(C)s2)c1. The fourth-order valence-corrected chi connectivity index (χ4v) is 2.49. The van der Waals surface area contributed by atoms with Gasteiger partial charge in [0.15, 0.2) is 0 Å². The van der Waals surface area contributed by atoms with Crippen LogP contribution in [0.5, 0.6) is 5.75 Å². The number of thiophene rings is 1. The van der Waals surface area contributed by atoms with Crippen molar-refractivity contribution in [2.45, 2.75) is 20.0 Å². The smallest absolute Gasteiger partial charge is 0.137 e. The quantitative estimate of drug-likeness (QED) is 0.906. The summed E-state index contributed by atoms with van der Waals surface area (Å²) in [6.07, 6.45) is 2.70. The molecule has 2 rings (SSSR count). The number of aryl methyl sites for hydroxylation is 1. The lowest BCUT2D eigenvalue weighted by Gasteiger charge is -2.10. The van der Waals surface area contributed by atoms with Crippen molar-refractivity contribution in [1.29, 1.82) is 0 Å². The highest BCUT2D eigenvalue weighted by molar-refractivity contribution is 7.12. The zero-order valence-corrected chi connectivity index (χ0v) is 10.7. The number of hydrogen-bond acceptors (Lipinski definition) is 4. The van der Waals surface area contributed by atoms with Gasteiger partial charge in [-0.1, -0.05) is 0 Å². The lowest BCUT2D eigenvalue weighted by molar-refractivity contribution is 0.222. The standard InChI is InChI=1S/C13H15NO2S/c1-3-16-11-6-10(7-14-8-11)13(15)12-5-4-9(2)17-12/h4-8,13,15H,3H2,1-2H3. The molecule has 3 nitrogen and oxygen atoms in total. The van der Waals surface area contributed by atoms with Gasteiger partial charge >= 0.3 is 0 Å². The third-order valence-corrected chi connectivity index (χ3v) is 3.44. The average Bonchev–Trinajstić information content (AvgIpc) is 2.76. The molecule has 0 radical (unpaired) electrons. The maximum absolute atomic E-state index is 10.2. The minimum atomic E-state index is -0.624. The Balaban J connectivity index is 2.24. The maximum atomic E-state index is 10.2. The van der Waals surface area contributed by atoms with E-state index in [9.17, 15) is 5.11 Å². The predicted molar refractivity (Wildman–Crippen MR) is 68.5 cm³/mol. The summed E-state index contributed by atoms with van der Waals surface area (Å²) in [6.45, 7) is 4.54. The molecule has 2 heterocycles. The molecule has 0 aromatic carbocycles. The Morgan fingerprint density at radius 3 is 2.88 bits per heavy atom. The average molecular weight is 249 g/mol. The van der Waals surface area contributed by atoms with Crippen LogP contribution in [0.1, 0.15) is 28.3 Å².